The van der Waals surface area contributed by atoms with E-state index in [1.165, 1.54) is 5.56 Å². The molecule has 0 aliphatic carbocycles. The van der Waals surface area contributed by atoms with Crippen LogP contribution in [0.3, 0.4) is 0 Å². The molecule has 0 saturated carbocycles. The maximum Gasteiger partial charge on any atom is 0.261 e. The lowest BCUT2D eigenvalue weighted by atomic mass is 10.1. The van der Waals surface area contributed by atoms with Crippen LogP contribution in [0.1, 0.15) is 32.9 Å². The number of carbonyl (C=O) groups excluding carboxylic acids is 1. The van der Waals surface area contributed by atoms with Crippen molar-refractivity contribution in [2.24, 2.45) is 0 Å². The number of nitrogens with one attached hydrogen (secondary N) is 1. The second kappa shape index (κ2) is 5.26. The van der Waals surface area contributed by atoms with Gasteiger partial charge in [-0.15, -0.1) is 0 Å². The molecule has 3 aromatic rings. The number of amides is 1. The number of aryl methyl sites for hydroxylation is 4. The maximum absolute atomic E-state index is 12.5. The summed E-state index contributed by atoms with van der Waals surface area (Å²) in [6.45, 7) is 7.92. The zero-order chi connectivity index (χ0) is 15.9. The van der Waals surface area contributed by atoms with E-state index in [1.807, 2.05) is 52.0 Å². The monoisotopic (exact) mass is 294 g/mol. The topological polar surface area (TPSA) is 59.3 Å². The summed E-state index contributed by atoms with van der Waals surface area (Å²) in [6, 6.07) is 7.79. The molecular formula is C17H18N4O. The maximum atomic E-state index is 12.5. The van der Waals surface area contributed by atoms with E-state index in [0.29, 0.717) is 11.2 Å². The molecule has 0 bridgehead atoms. The minimum Gasteiger partial charge on any atom is -0.322 e. The third-order valence-electron chi connectivity index (χ3n) is 3.79. The van der Waals surface area contributed by atoms with Gasteiger partial charge in [0.15, 0.2) is 5.65 Å². The number of hydrogen-bond acceptors (Lipinski definition) is 3. The molecule has 2 heterocycles. The smallest absolute Gasteiger partial charge is 0.261 e. The van der Waals surface area contributed by atoms with Crippen LogP contribution in [0, 0.1) is 27.7 Å². The summed E-state index contributed by atoms with van der Waals surface area (Å²) >= 11 is 0. The predicted molar refractivity (Wildman–Crippen MR) is 86.3 cm³/mol. The summed E-state index contributed by atoms with van der Waals surface area (Å²) < 4.78 is 1.68. The summed E-state index contributed by atoms with van der Waals surface area (Å²) in [7, 11) is 0. The Morgan fingerprint density at radius 2 is 1.86 bits per heavy atom. The Labute approximate surface area is 129 Å². The number of fused-ring (bicyclic) bond motifs is 1. The average molecular weight is 294 g/mol. The third-order valence-corrected chi connectivity index (χ3v) is 3.79. The van der Waals surface area contributed by atoms with Crippen molar-refractivity contribution in [3.63, 3.8) is 0 Å². The van der Waals surface area contributed by atoms with Crippen molar-refractivity contribution in [2.75, 3.05) is 5.32 Å². The largest absolute Gasteiger partial charge is 0.322 e. The fourth-order valence-electron chi connectivity index (χ4n) is 2.45. The lowest BCUT2D eigenvalue weighted by Crippen LogP contribution is -2.12. The molecule has 1 amide bonds. The van der Waals surface area contributed by atoms with Crippen molar-refractivity contribution in [3.8, 4) is 0 Å². The van der Waals surface area contributed by atoms with Gasteiger partial charge in [-0.1, -0.05) is 6.07 Å². The summed E-state index contributed by atoms with van der Waals surface area (Å²) in [5, 5.41) is 7.16. The summed E-state index contributed by atoms with van der Waals surface area (Å²) in [6.07, 6.45) is 1.56. The Morgan fingerprint density at radius 3 is 2.59 bits per heavy atom. The van der Waals surface area contributed by atoms with E-state index in [2.05, 4.69) is 15.4 Å². The molecule has 1 N–H and O–H groups in total. The van der Waals surface area contributed by atoms with Crippen LogP contribution < -0.4 is 5.32 Å². The molecule has 112 valence electrons. The van der Waals surface area contributed by atoms with Crippen LogP contribution in [0.25, 0.3) is 5.65 Å². The number of carbonyl (C=O) groups is 1. The quantitative estimate of drug-likeness (QED) is 0.789. The average Bonchev–Trinajstić information content (AvgIpc) is 2.87. The molecule has 0 unspecified atom stereocenters. The molecule has 0 aliphatic rings. The fourth-order valence-corrected chi connectivity index (χ4v) is 2.45. The number of anilines is 1. The minimum atomic E-state index is -0.198. The zero-order valence-electron chi connectivity index (χ0n) is 13.1. The van der Waals surface area contributed by atoms with Crippen molar-refractivity contribution in [1.82, 2.24) is 14.6 Å². The van der Waals surface area contributed by atoms with Crippen LogP contribution in [0.5, 0.6) is 0 Å². The van der Waals surface area contributed by atoms with Crippen LogP contribution in [0.2, 0.25) is 0 Å². The molecule has 0 fully saturated rings. The molecule has 3 rings (SSSR count). The normalized spacial score (nSPS) is 10.9. The van der Waals surface area contributed by atoms with Crippen molar-refractivity contribution in [1.29, 1.82) is 0 Å². The first-order valence-electron chi connectivity index (χ1n) is 7.16. The Balaban J connectivity index is 1.97. The number of hydrogen-bond donors (Lipinski definition) is 1. The highest BCUT2D eigenvalue weighted by atomic mass is 16.1. The van der Waals surface area contributed by atoms with E-state index in [-0.39, 0.29) is 5.91 Å². The highest BCUT2D eigenvalue weighted by Gasteiger charge is 2.15. The Kier molecular flexibility index (Phi) is 3.41. The van der Waals surface area contributed by atoms with Crippen LogP contribution in [0.15, 0.2) is 30.5 Å². The fraction of sp³-hybridized carbons (Fsp3) is 0.235. The van der Waals surface area contributed by atoms with Gasteiger partial charge in [0.2, 0.25) is 0 Å². The molecule has 22 heavy (non-hydrogen) atoms. The summed E-state index contributed by atoms with van der Waals surface area (Å²) in [5.74, 6) is -0.198. The number of benzene rings is 1. The first-order valence-corrected chi connectivity index (χ1v) is 7.16. The lowest BCUT2D eigenvalue weighted by Gasteiger charge is -2.07. The van der Waals surface area contributed by atoms with Crippen molar-refractivity contribution in [3.05, 3.63) is 58.5 Å². The van der Waals surface area contributed by atoms with E-state index in [0.717, 1.165) is 22.6 Å². The molecule has 0 aliphatic heterocycles. The molecule has 0 radical (unpaired) electrons. The minimum absolute atomic E-state index is 0.198. The Bertz CT molecular complexity index is 880. The van der Waals surface area contributed by atoms with Gasteiger partial charge in [0.05, 0.1) is 6.20 Å². The van der Waals surface area contributed by atoms with E-state index >= 15 is 0 Å². The molecule has 1 aromatic carbocycles. The zero-order valence-corrected chi connectivity index (χ0v) is 13.1. The van der Waals surface area contributed by atoms with Gasteiger partial charge in [-0.3, -0.25) is 4.79 Å². The summed E-state index contributed by atoms with van der Waals surface area (Å²) in [4.78, 5) is 16.9. The van der Waals surface area contributed by atoms with E-state index in [4.69, 9.17) is 0 Å². The van der Waals surface area contributed by atoms with Gasteiger partial charge in [0.1, 0.15) is 5.56 Å². The van der Waals surface area contributed by atoms with Gasteiger partial charge < -0.3 is 5.32 Å². The second-order valence-corrected chi connectivity index (χ2v) is 5.59. The third kappa shape index (κ3) is 2.45. The molecule has 0 atom stereocenters. The molecule has 0 spiro atoms. The van der Waals surface area contributed by atoms with Crippen LogP contribution in [-0.4, -0.2) is 20.5 Å². The lowest BCUT2D eigenvalue weighted by molar-refractivity contribution is 0.102. The van der Waals surface area contributed by atoms with Crippen LogP contribution >= 0.6 is 0 Å². The number of aromatic nitrogens is 3. The van der Waals surface area contributed by atoms with Crippen molar-refractivity contribution >= 4 is 17.2 Å². The van der Waals surface area contributed by atoms with E-state index in [1.54, 1.807) is 10.7 Å². The molecule has 5 nitrogen and oxygen atoms in total. The van der Waals surface area contributed by atoms with Gasteiger partial charge >= 0.3 is 0 Å². The predicted octanol–water partition coefficient (Wildman–Crippen LogP) is 3.22. The van der Waals surface area contributed by atoms with Gasteiger partial charge in [-0.05, 0) is 57.0 Å². The Hall–Kier alpha value is -2.69. The van der Waals surface area contributed by atoms with Gasteiger partial charge in [-0.25, -0.2) is 9.50 Å². The summed E-state index contributed by atoms with van der Waals surface area (Å²) in [5.41, 5.74) is 5.99. The molecule has 2 aromatic heterocycles. The SMILES string of the molecule is Cc1cc(C)n2ncc(C(=O)Nc3ccc(C)c(C)c3)c2n1. The molecular weight excluding hydrogens is 276 g/mol. The van der Waals surface area contributed by atoms with Crippen LogP contribution in [-0.2, 0) is 0 Å². The molecule has 0 saturated heterocycles. The van der Waals surface area contributed by atoms with Crippen LogP contribution in [0.4, 0.5) is 5.69 Å². The van der Waals surface area contributed by atoms with Gasteiger partial charge in [0.25, 0.3) is 5.91 Å². The van der Waals surface area contributed by atoms with E-state index in [9.17, 15) is 4.79 Å². The second-order valence-electron chi connectivity index (χ2n) is 5.59. The van der Waals surface area contributed by atoms with E-state index < -0.39 is 0 Å². The van der Waals surface area contributed by atoms with Gasteiger partial charge in [-0.2, -0.15) is 5.10 Å². The standard InChI is InChI=1S/C17H18N4O/c1-10-5-6-14(7-11(10)2)20-17(22)15-9-18-21-13(4)8-12(3)19-16(15)21/h5-9H,1-4H3,(H,20,22). The van der Waals surface area contributed by atoms with Crippen molar-refractivity contribution in [2.45, 2.75) is 27.7 Å². The Morgan fingerprint density at radius 1 is 1.09 bits per heavy atom. The molecule has 5 heteroatoms. The first-order chi connectivity index (χ1) is 10.5. The highest BCUT2D eigenvalue weighted by Crippen LogP contribution is 2.17. The number of rotatable bonds is 2. The first kappa shape index (κ1) is 14.3. The van der Waals surface area contributed by atoms with Gasteiger partial charge in [0, 0.05) is 17.1 Å². The highest BCUT2D eigenvalue weighted by molar-refractivity contribution is 6.08. The van der Waals surface area contributed by atoms with Crippen molar-refractivity contribution < 1.29 is 4.79 Å². The number of nitrogens with zero attached hydrogens (tertiary/aromatic N) is 3.